The number of rotatable bonds is 6. The second kappa shape index (κ2) is 8.52. The number of hydrogen-bond donors (Lipinski definition) is 1. The molecule has 4 heteroatoms. The zero-order valence-corrected chi connectivity index (χ0v) is 16.7. The lowest BCUT2D eigenvalue weighted by atomic mass is 10.0. The van der Waals surface area contributed by atoms with Crippen LogP contribution in [0.1, 0.15) is 36.8 Å². The Morgan fingerprint density at radius 2 is 1.74 bits per heavy atom. The highest BCUT2D eigenvalue weighted by atomic mass is 35.5. The normalized spacial score (nSPS) is 14.7. The van der Waals surface area contributed by atoms with Gasteiger partial charge in [0.05, 0.1) is 10.0 Å². The largest absolute Gasteiger partial charge is 0.489 e. The van der Waals surface area contributed by atoms with Crippen molar-refractivity contribution >= 4 is 34.0 Å². The Labute approximate surface area is 170 Å². The molecular formula is C23H23Cl2NO. The van der Waals surface area contributed by atoms with Crippen molar-refractivity contribution < 1.29 is 4.74 Å². The second-order valence-electron chi connectivity index (χ2n) is 7.16. The molecule has 27 heavy (non-hydrogen) atoms. The molecule has 1 fully saturated rings. The predicted molar refractivity (Wildman–Crippen MR) is 114 cm³/mol. The average molecular weight is 400 g/mol. The molecule has 4 rings (SSSR count). The third-order valence-electron chi connectivity index (χ3n) is 5.30. The Balaban J connectivity index is 1.58. The summed E-state index contributed by atoms with van der Waals surface area (Å²) in [7, 11) is 0. The van der Waals surface area contributed by atoms with E-state index in [1.54, 1.807) is 0 Å². The van der Waals surface area contributed by atoms with Crippen molar-refractivity contribution in [1.29, 1.82) is 0 Å². The molecule has 3 aromatic carbocycles. The van der Waals surface area contributed by atoms with Gasteiger partial charge in [-0.15, -0.1) is 0 Å². The van der Waals surface area contributed by atoms with Crippen LogP contribution >= 0.6 is 23.2 Å². The first-order valence-corrected chi connectivity index (χ1v) is 10.3. The maximum Gasteiger partial charge on any atom is 0.124 e. The molecule has 0 amide bonds. The maximum atomic E-state index is 6.20. The van der Waals surface area contributed by atoms with Gasteiger partial charge in [-0.05, 0) is 47.4 Å². The topological polar surface area (TPSA) is 21.3 Å². The summed E-state index contributed by atoms with van der Waals surface area (Å²) < 4.78 is 6.20. The van der Waals surface area contributed by atoms with Crippen LogP contribution in [-0.2, 0) is 13.2 Å². The molecule has 0 heterocycles. The van der Waals surface area contributed by atoms with E-state index in [1.165, 1.54) is 42.0 Å². The first kappa shape index (κ1) is 18.6. The SMILES string of the molecule is Clc1ccc(COc2ccc3ccccc3c2CNC2CCCC2)cc1Cl. The molecule has 1 N–H and O–H groups in total. The minimum Gasteiger partial charge on any atom is -0.489 e. The van der Waals surface area contributed by atoms with E-state index in [4.69, 9.17) is 27.9 Å². The lowest BCUT2D eigenvalue weighted by molar-refractivity contribution is 0.302. The minimum absolute atomic E-state index is 0.464. The monoisotopic (exact) mass is 399 g/mol. The summed E-state index contributed by atoms with van der Waals surface area (Å²) in [5.41, 5.74) is 2.23. The van der Waals surface area contributed by atoms with E-state index in [0.717, 1.165) is 17.9 Å². The summed E-state index contributed by atoms with van der Waals surface area (Å²) >= 11 is 12.1. The summed E-state index contributed by atoms with van der Waals surface area (Å²) in [5, 5.41) is 7.33. The zero-order chi connectivity index (χ0) is 18.6. The highest BCUT2D eigenvalue weighted by molar-refractivity contribution is 6.42. The summed E-state index contributed by atoms with van der Waals surface area (Å²) in [4.78, 5) is 0. The van der Waals surface area contributed by atoms with Gasteiger partial charge in [0.15, 0.2) is 0 Å². The van der Waals surface area contributed by atoms with Crippen LogP contribution in [0.15, 0.2) is 54.6 Å². The fraction of sp³-hybridized carbons (Fsp3) is 0.304. The standard InChI is InChI=1S/C23H23Cl2NO/c24-21-11-9-16(13-22(21)25)15-27-23-12-10-17-5-1-4-8-19(17)20(23)14-26-18-6-2-3-7-18/h1,4-5,8-13,18,26H,2-3,6-7,14-15H2. The van der Waals surface area contributed by atoms with E-state index in [1.807, 2.05) is 18.2 Å². The molecule has 0 aliphatic heterocycles. The number of halogens is 2. The van der Waals surface area contributed by atoms with Crippen LogP contribution < -0.4 is 10.1 Å². The fourth-order valence-corrected chi connectivity index (χ4v) is 4.12. The van der Waals surface area contributed by atoms with Crippen molar-refractivity contribution in [3.63, 3.8) is 0 Å². The number of benzene rings is 3. The smallest absolute Gasteiger partial charge is 0.124 e. The summed E-state index contributed by atoms with van der Waals surface area (Å²) in [6, 6.07) is 18.9. The first-order valence-electron chi connectivity index (χ1n) is 9.51. The molecular weight excluding hydrogens is 377 g/mol. The molecule has 0 spiro atoms. The van der Waals surface area contributed by atoms with Gasteiger partial charge in [0.25, 0.3) is 0 Å². The van der Waals surface area contributed by atoms with Crippen molar-refractivity contribution in [2.75, 3.05) is 0 Å². The van der Waals surface area contributed by atoms with E-state index >= 15 is 0 Å². The lowest BCUT2D eigenvalue weighted by Gasteiger charge is -2.18. The molecule has 0 bridgehead atoms. The first-order chi connectivity index (χ1) is 13.2. The van der Waals surface area contributed by atoms with Crippen LogP contribution in [0.3, 0.4) is 0 Å². The Kier molecular flexibility index (Phi) is 5.87. The summed E-state index contributed by atoms with van der Waals surface area (Å²) in [6.45, 7) is 1.29. The lowest BCUT2D eigenvalue weighted by Crippen LogP contribution is -2.25. The predicted octanol–water partition coefficient (Wildman–Crippen LogP) is 6.76. The van der Waals surface area contributed by atoms with E-state index in [9.17, 15) is 0 Å². The van der Waals surface area contributed by atoms with Crippen LogP contribution in [0.4, 0.5) is 0 Å². The molecule has 2 nitrogen and oxygen atoms in total. The molecule has 3 aromatic rings. The van der Waals surface area contributed by atoms with Gasteiger partial charge in [-0.2, -0.15) is 0 Å². The van der Waals surface area contributed by atoms with Gasteiger partial charge in [0, 0.05) is 18.2 Å². The van der Waals surface area contributed by atoms with Gasteiger partial charge < -0.3 is 10.1 Å². The number of ether oxygens (including phenoxy) is 1. The van der Waals surface area contributed by atoms with Crippen molar-refractivity contribution in [3.05, 3.63) is 75.8 Å². The van der Waals surface area contributed by atoms with Gasteiger partial charge in [-0.3, -0.25) is 0 Å². The van der Waals surface area contributed by atoms with Crippen LogP contribution in [0.2, 0.25) is 10.0 Å². The van der Waals surface area contributed by atoms with Crippen molar-refractivity contribution in [2.24, 2.45) is 0 Å². The van der Waals surface area contributed by atoms with Gasteiger partial charge in [0.2, 0.25) is 0 Å². The Hall–Kier alpha value is -1.74. The van der Waals surface area contributed by atoms with E-state index in [-0.39, 0.29) is 0 Å². The quantitative estimate of drug-likeness (QED) is 0.494. The minimum atomic E-state index is 0.464. The fourth-order valence-electron chi connectivity index (χ4n) is 3.80. The molecule has 1 aliphatic carbocycles. The van der Waals surface area contributed by atoms with Crippen molar-refractivity contribution in [3.8, 4) is 5.75 Å². The number of fused-ring (bicyclic) bond motifs is 1. The van der Waals surface area contributed by atoms with E-state index in [2.05, 4.69) is 41.7 Å². The molecule has 0 atom stereocenters. The number of nitrogens with one attached hydrogen (secondary N) is 1. The van der Waals surface area contributed by atoms with Crippen LogP contribution in [0.25, 0.3) is 10.8 Å². The van der Waals surface area contributed by atoms with Crippen LogP contribution in [0.5, 0.6) is 5.75 Å². The third kappa shape index (κ3) is 4.40. The molecule has 0 radical (unpaired) electrons. The zero-order valence-electron chi connectivity index (χ0n) is 15.2. The summed E-state index contributed by atoms with van der Waals surface area (Å²) in [5.74, 6) is 0.922. The molecule has 140 valence electrons. The maximum absolute atomic E-state index is 6.20. The number of hydrogen-bond acceptors (Lipinski definition) is 2. The molecule has 1 aliphatic rings. The van der Waals surface area contributed by atoms with Crippen LogP contribution in [-0.4, -0.2) is 6.04 Å². The Bertz CT molecular complexity index is 935. The summed E-state index contributed by atoms with van der Waals surface area (Å²) in [6.07, 6.45) is 5.19. The van der Waals surface area contributed by atoms with E-state index < -0.39 is 0 Å². The highest BCUT2D eigenvalue weighted by Gasteiger charge is 2.16. The highest BCUT2D eigenvalue weighted by Crippen LogP contribution is 2.30. The second-order valence-corrected chi connectivity index (χ2v) is 7.98. The van der Waals surface area contributed by atoms with Crippen molar-refractivity contribution in [2.45, 2.75) is 44.9 Å². The Morgan fingerprint density at radius 1 is 0.926 bits per heavy atom. The van der Waals surface area contributed by atoms with Gasteiger partial charge in [-0.1, -0.05) is 72.4 Å². The van der Waals surface area contributed by atoms with Gasteiger partial charge in [-0.25, -0.2) is 0 Å². The van der Waals surface area contributed by atoms with E-state index in [0.29, 0.717) is 22.7 Å². The molecule has 0 saturated heterocycles. The van der Waals surface area contributed by atoms with Gasteiger partial charge in [0.1, 0.15) is 12.4 Å². The third-order valence-corrected chi connectivity index (χ3v) is 6.04. The average Bonchev–Trinajstić information content (AvgIpc) is 3.21. The van der Waals surface area contributed by atoms with Crippen molar-refractivity contribution in [1.82, 2.24) is 5.32 Å². The molecule has 0 aromatic heterocycles. The Morgan fingerprint density at radius 3 is 2.56 bits per heavy atom. The van der Waals surface area contributed by atoms with Crippen LogP contribution in [0, 0.1) is 0 Å². The molecule has 0 unspecified atom stereocenters. The van der Waals surface area contributed by atoms with Gasteiger partial charge >= 0.3 is 0 Å². The molecule has 1 saturated carbocycles.